The van der Waals surface area contributed by atoms with Crippen molar-refractivity contribution in [3.63, 3.8) is 0 Å². The average molecular weight is 253 g/mol. The van der Waals surface area contributed by atoms with E-state index in [-0.39, 0.29) is 17.6 Å². The van der Waals surface area contributed by atoms with E-state index >= 15 is 0 Å². The summed E-state index contributed by atoms with van der Waals surface area (Å²) in [6, 6.07) is 7.72. The Morgan fingerprint density at radius 2 is 1.88 bits per heavy atom. The predicted molar refractivity (Wildman–Crippen MR) is 69.2 cm³/mol. The van der Waals surface area contributed by atoms with Crippen LogP contribution in [0.4, 0.5) is 4.79 Å². The molecule has 3 nitrogen and oxygen atoms in total. The van der Waals surface area contributed by atoms with Crippen molar-refractivity contribution < 1.29 is 4.79 Å². The van der Waals surface area contributed by atoms with Gasteiger partial charge in [-0.05, 0) is 44.4 Å². The molecule has 0 unspecified atom stereocenters. The largest absolute Gasteiger partial charge is 0.336 e. The van der Waals surface area contributed by atoms with Gasteiger partial charge in [-0.3, -0.25) is 0 Å². The lowest BCUT2D eigenvalue weighted by molar-refractivity contribution is 0.233. The van der Waals surface area contributed by atoms with Gasteiger partial charge in [0, 0.05) is 11.1 Å². The smallest absolute Gasteiger partial charge is 0.315 e. The van der Waals surface area contributed by atoms with Gasteiger partial charge in [0.25, 0.3) is 0 Å². The van der Waals surface area contributed by atoms with Crippen LogP contribution in [0, 0.1) is 0 Å². The molecule has 2 N–H and O–H groups in total. The summed E-state index contributed by atoms with van der Waals surface area (Å²) in [7, 11) is 0. The molecular formula is C13H17ClN2O. The second-order valence-corrected chi connectivity index (χ2v) is 5.28. The number of benzene rings is 1. The van der Waals surface area contributed by atoms with Crippen molar-refractivity contribution in [2.75, 3.05) is 0 Å². The maximum Gasteiger partial charge on any atom is 0.315 e. The maximum atomic E-state index is 11.7. The number of rotatable bonds is 3. The zero-order valence-electron chi connectivity index (χ0n) is 10.1. The van der Waals surface area contributed by atoms with Crippen LogP contribution in [0.25, 0.3) is 0 Å². The Kier molecular flexibility index (Phi) is 3.29. The van der Waals surface area contributed by atoms with Crippen LogP contribution in [0.15, 0.2) is 24.3 Å². The number of amides is 2. The van der Waals surface area contributed by atoms with Crippen molar-refractivity contribution in [2.24, 2.45) is 0 Å². The lowest BCUT2D eigenvalue weighted by Gasteiger charge is -2.19. The van der Waals surface area contributed by atoms with Crippen LogP contribution in [0.3, 0.4) is 0 Å². The Morgan fingerprint density at radius 3 is 2.35 bits per heavy atom. The number of urea groups is 1. The molecule has 17 heavy (non-hydrogen) atoms. The fraction of sp³-hybridized carbons (Fsp3) is 0.462. The van der Waals surface area contributed by atoms with E-state index in [0.717, 1.165) is 23.4 Å². The van der Waals surface area contributed by atoms with Crippen LogP contribution in [-0.4, -0.2) is 12.1 Å². The summed E-state index contributed by atoms with van der Waals surface area (Å²) in [6.07, 6.45) is 1.97. The molecule has 0 aromatic heterocycles. The molecule has 0 bridgehead atoms. The van der Waals surface area contributed by atoms with E-state index in [1.54, 1.807) is 0 Å². The molecule has 0 spiro atoms. The van der Waals surface area contributed by atoms with Crippen molar-refractivity contribution >= 4 is 17.6 Å². The summed E-state index contributed by atoms with van der Waals surface area (Å²) in [5.41, 5.74) is 0.949. The first-order chi connectivity index (χ1) is 8.02. The van der Waals surface area contributed by atoms with Crippen LogP contribution in [-0.2, 0) is 5.54 Å². The molecule has 0 saturated heterocycles. The second kappa shape index (κ2) is 4.57. The number of nitrogens with one attached hydrogen (secondary N) is 2. The van der Waals surface area contributed by atoms with Gasteiger partial charge in [-0.15, -0.1) is 0 Å². The lowest BCUT2D eigenvalue weighted by Crippen LogP contribution is -2.44. The van der Waals surface area contributed by atoms with Crippen LogP contribution in [0.1, 0.15) is 32.3 Å². The van der Waals surface area contributed by atoms with Gasteiger partial charge in [0.2, 0.25) is 0 Å². The number of halogens is 1. The molecule has 1 aromatic rings. The minimum atomic E-state index is -0.177. The quantitative estimate of drug-likeness (QED) is 0.853. The van der Waals surface area contributed by atoms with E-state index in [2.05, 4.69) is 10.6 Å². The first-order valence-corrected chi connectivity index (χ1v) is 6.24. The van der Waals surface area contributed by atoms with Gasteiger partial charge in [0.1, 0.15) is 0 Å². The van der Waals surface area contributed by atoms with Crippen molar-refractivity contribution in [2.45, 2.75) is 38.3 Å². The highest BCUT2D eigenvalue weighted by Crippen LogP contribution is 2.45. The zero-order valence-corrected chi connectivity index (χ0v) is 10.8. The third kappa shape index (κ3) is 2.91. The first-order valence-electron chi connectivity index (χ1n) is 5.86. The molecule has 1 saturated carbocycles. The van der Waals surface area contributed by atoms with Gasteiger partial charge in [-0.1, -0.05) is 23.7 Å². The van der Waals surface area contributed by atoms with Gasteiger partial charge in [-0.2, -0.15) is 0 Å². The van der Waals surface area contributed by atoms with E-state index in [0.29, 0.717) is 0 Å². The summed E-state index contributed by atoms with van der Waals surface area (Å²) in [4.78, 5) is 11.7. The number of carbonyl (C=O) groups is 1. The topological polar surface area (TPSA) is 41.1 Å². The predicted octanol–water partition coefficient (Wildman–Crippen LogP) is 3.04. The summed E-state index contributed by atoms with van der Waals surface area (Å²) in [6.45, 7) is 3.89. The third-order valence-electron chi connectivity index (χ3n) is 2.92. The van der Waals surface area contributed by atoms with E-state index in [9.17, 15) is 4.79 Å². The Labute approximate surface area is 107 Å². The van der Waals surface area contributed by atoms with Gasteiger partial charge in [0.15, 0.2) is 0 Å². The second-order valence-electron chi connectivity index (χ2n) is 4.84. The van der Waals surface area contributed by atoms with Crippen LogP contribution in [0.5, 0.6) is 0 Å². The fourth-order valence-electron chi connectivity index (χ4n) is 1.90. The Hall–Kier alpha value is -1.22. The molecule has 2 rings (SSSR count). The average Bonchev–Trinajstić information content (AvgIpc) is 2.98. The van der Waals surface area contributed by atoms with Crippen molar-refractivity contribution in [1.82, 2.24) is 10.6 Å². The molecule has 0 atom stereocenters. The van der Waals surface area contributed by atoms with Gasteiger partial charge < -0.3 is 10.6 Å². The summed E-state index contributed by atoms with van der Waals surface area (Å²) in [5, 5.41) is 6.60. The number of hydrogen-bond acceptors (Lipinski definition) is 1. The third-order valence-corrected chi connectivity index (χ3v) is 3.17. The van der Waals surface area contributed by atoms with Crippen molar-refractivity contribution in [3.8, 4) is 0 Å². The highest BCUT2D eigenvalue weighted by atomic mass is 35.5. The molecule has 2 amide bonds. The number of carbonyl (C=O) groups excluding carboxylic acids is 1. The summed E-state index contributed by atoms with van der Waals surface area (Å²) in [5.74, 6) is 0. The maximum absolute atomic E-state index is 11.7. The molecule has 1 aromatic carbocycles. The van der Waals surface area contributed by atoms with Gasteiger partial charge in [-0.25, -0.2) is 4.79 Å². The fourth-order valence-corrected chi connectivity index (χ4v) is 2.02. The highest BCUT2D eigenvalue weighted by Gasteiger charge is 2.45. The normalized spacial score (nSPS) is 16.7. The molecule has 0 radical (unpaired) electrons. The Balaban J connectivity index is 2.05. The lowest BCUT2D eigenvalue weighted by atomic mass is 10.1. The van der Waals surface area contributed by atoms with Crippen LogP contribution < -0.4 is 10.6 Å². The Morgan fingerprint density at radius 1 is 1.29 bits per heavy atom. The molecule has 1 aliphatic rings. The Bertz CT molecular complexity index is 410. The minimum Gasteiger partial charge on any atom is -0.336 e. The zero-order chi connectivity index (χ0) is 12.5. The van der Waals surface area contributed by atoms with Crippen molar-refractivity contribution in [3.05, 3.63) is 34.9 Å². The molecule has 4 heteroatoms. The van der Waals surface area contributed by atoms with E-state index in [1.165, 1.54) is 0 Å². The molecular weight excluding hydrogens is 236 g/mol. The molecule has 92 valence electrons. The van der Waals surface area contributed by atoms with E-state index in [1.807, 2.05) is 38.1 Å². The SMILES string of the molecule is CC(C)NC(=O)NC1(c2ccc(Cl)cc2)CC1. The standard InChI is InChI=1S/C13H17ClN2O/c1-9(2)15-12(17)16-13(7-8-13)10-3-5-11(14)6-4-10/h3-6,9H,7-8H2,1-2H3,(H2,15,16,17). The summed E-state index contributed by atoms with van der Waals surface area (Å²) >= 11 is 5.86. The van der Waals surface area contributed by atoms with Crippen LogP contribution in [0.2, 0.25) is 5.02 Å². The van der Waals surface area contributed by atoms with Crippen LogP contribution >= 0.6 is 11.6 Å². The van der Waals surface area contributed by atoms with E-state index in [4.69, 9.17) is 11.6 Å². The minimum absolute atomic E-state index is 0.104. The molecule has 1 aliphatic carbocycles. The molecule has 0 heterocycles. The van der Waals surface area contributed by atoms with E-state index < -0.39 is 0 Å². The van der Waals surface area contributed by atoms with Gasteiger partial charge in [0.05, 0.1) is 5.54 Å². The summed E-state index contributed by atoms with van der Waals surface area (Å²) < 4.78 is 0. The van der Waals surface area contributed by atoms with Crippen molar-refractivity contribution in [1.29, 1.82) is 0 Å². The van der Waals surface area contributed by atoms with Gasteiger partial charge >= 0.3 is 6.03 Å². The number of hydrogen-bond donors (Lipinski definition) is 2. The highest BCUT2D eigenvalue weighted by molar-refractivity contribution is 6.30. The first kappa shape index (κ1) is 12.2. The monoisotopic (exact) mass is 252 g/mol. The molecule has 0 aliphatic heterocycles. The molecule has 1 fully saturated rings.